The maximum absolute atomic E-state index is 13.2. The second-order valence-electron chi connectivity index (χ2n) is 7.67. The molecular formula is C21H19Cl2N3O5S. The third-order valence-electron chi connectivity index (χ3n) is 5.51. The normalized spacial score (nSPS) is 16.6. The monoisotopic (exact) mass is 495 g/mol. The predicted octanol–water partition coefficient (Wildman–Crippen LogP) is 4.27. The standard InChI is InChI=1S/C21H19Cl2N3O5S/c1-12-2-4-26(5-3-12)32(28,29)20-7-14(15(22)8-16(20)23)21(27)25-17-9-19-18(30-11-31-19)6-13(17)10-24/h6-9,12H,2-5,11H2,1H3,(H,25,27). The number of halogens is 2. The van der Waals surface area contributed by atoms with E-state index in [0.717, 1.165) is 12.8 Å². The molecule has 0 aromatic heterocycles. The first kappa shape index (κ1) is 22.7. The highest BCUT2D eigenvalue weighted by atomic mass is 35.5. The Morgan fingerprint density at radius 2 is 1.78 bits per heavy atom. The number of carbonyl (C=O) groups is 1. The quantitative estimate of drug-likeness (QED) is 0.678. The largest absolute Gasteiger partial charge is 0.454 e. The average molecular weight is 496 g/mol. The van der Waals surface area contributed by atoms with Gasteiger partial charge in [0.05, 0.1) is 26.9 Å². The van der Waals surface area contributed by atoms with Crippen molar-refractivity contribution in [3.05, 3.63) is 45.4 Å². The summed E-state index contributed by atoms with van der Waals surface area (Å²) in [5, 5.41) is 11.9. The van der Waals surface area contributed by atoms with Gasteiger partial charge in [-0.05, 0) is 30.9 Å². The Morgan fingerprint density at radius 1 is 1.12 bits per heavy atom. The van der Waals surface area contributed by atoms with Crippen LogP contribution in [0.2, 0.25) is 10.0 Å². The molecular weight excluding hydrogens is 477 g/mol. The van der Waals surface area contributed by atoms with Crippen molar-refractivity contribution in [3.8, 4) is 17.6 Å². The number of carbonyl (C=O) groups excluding carboxylic acids is 1. The van der Waals surface area contributed by atoms with E-state index in [0.29, 0.717) is 30.5 Å². The lowest BCUT2D eigenvalue weighted by molar-refractivity contribution is 0.102. The fraction of sp³-hybridized carbons (Fsp3) is 0.333. The summed E-state index contributed by atoms with van der Waals surface area (Å²) in [6, 6.07) is 7.31. The summed E-state index contributed by atoms with van der Waals surface area (Å²) in [7, 11) is -3.91. The van der Waals surface area contributed by atoms with Crippen LogP contribution in [0.5, 0.6) is 11.5 Å². The van der Waals surface area contributed by atoms with Crippen molar-refractivity contribution in [3.63, 3.8) is 0 Å². The molecule has 2 aromatic rings. The van der Waals surface area contributed by atoms with Gasteiger partial charge in [0, 0.05) is 25.2 Å². The molecule has 0 radical (unpaired) electrons. The molecule has 8 nitrogen and oxygen atoms in total. The molecule has 1 saturated heterocycles. The Morgan fingerprint density at radius 3 is 2.44 bits per heavy atom. The van der Waals surface area contributed by atoms with E-state index in [-0.39, 0.29) is 38.5 Å². The smallest absolute Gasteiger partial charge is 0.257 e. The van der Waals surface area contributed by atoms with Crippen molar-refractivity contribution in [1.82, 2.24) is 4.31 Å². The van der Waals surface area contributed by atoms with Crippen LogP contribution in [-0.4, -0.2) is 38.5 Å². The van der Waals surface area contributed by atoms with E-state index >= 15 is 0 Å². The van der Waals surface area contributed by atoms with Crippen LogP contribution in [-0.2, 0) is 10.0 Å². The lowest BCUT2D eigenvalue weighted by Crippen LogP contribution is -2.38. The van der Waals surface area contributed by atoms with Gasteiger partial charge in [-0.2, -0.15) is 9.57 Å². The van der Waals surface area contributed by atoms with Gasteiger partial charge in [0.1, 0.15) is 11.0 Å². The summed E-state index contributed by atoms with van der Waals surface area (Å²) < 4.78 is 38.3. The number of piperidine rings is 1. The molecule has 4 rings (SSSR count). The Labute approximate surface area is 195 Å². The Balaban J connectivity index is 1.66. The van der Waals surface area contributed by atoms with Crippen molar-refractivity contribution in [1.29, 1.82) is 5.26 Å². The van der Waals surface area contributed by atoms with Crippen molar-refractivity contribution < 1.29 is 22.7 Å². The summed E-state index contributed by atoms with van der Waals surface area (Å²) >= 11 is 12.4. The maximum atomic E-state index is 13.2. The van der Waals surface area contributed by atoms with E-state index < -0.39 is 15.9 Å². The number of benzene rings is 2. The number of ether oxygens (including phenoxy) is 2. The zero-order valence-corrected chi connectivity index (χ0v) is 19.4. The van der Waals surface area contributed by atoms with Gasteiger partial charge < -0.3 is 14.8 Å². The molecule has 2 aromatic carbocycles. The van der Waals surface area contributed by atoms with E-state index in [9.17, 15) is 18.5 Å². The van der Waals surface area contributed by atoms with Gasteiger partial charge in [-0.25, -0.2) is 8.42 Å². The number of nitrogens with zero attached hydrogens (tertiary/aromatic N) is 2. The highest BCUT2D eigenvalue weighted by Crippen LogP contribution is 2.38. The molecule has 0 bridgehead atoms. The zero-order chi connectivity index (χ0) is 23.0. The topological polar surface area (TPSA) is 109 Å². The molecule has 0 saturated carbocycles. The number of rotatable bonds is 4. The van der Waals surface area contributed by atoms with Crippen LogP contribution < -0.4 is 14.8 Å². The SMILES string of the molecule is CC1CCN(S(=O)(=O)c2cc(C(=O)Nc3cc4c(cc3C#N)OCO4)c(Cl)cc2Cl)CC1. The minimum Gasteiger partial charge on any atom is -0.454 e. The average Bonchev–Trinajstić information content (AvgIpc) is 3.20. The number of hydrogen-bond acceptors (Lipinski definition) is 6. The summed E-state index contributed by atoms with van der Waals surface area (Å²) in [6.45, 7) is 2.85. The number of nitriles is 1. The number of nitrogens with one attached hydrogen (secondary N) is 1. The fourth-order valence-electron chi connectivity index (χ4n) is 3.59. The van der Waals surface area contributed by atoms with Crippen molar-refractivity contribution in [2.75, 3.05) is 25.2 Å². The molecule has 168 valence electrons. The second kappa shape index (κ2) is 8.79. The zero-order valence-electron chi connectivity index (χ0n) is 17.0. The molecule has 11 heteroatoms. The molecule has 1 N–H and O–H groups in total. The van der Waals surface area contributed by atoms with Gasteiger partial charge >= 0.3 is 0 Å². The van der Waals surface area contributed by atoms with Crippen LogP contribution >= 0.6 is 23.2 Å². The molecule has 0 spiro atoms. The first-order valence-corrected chi connectivity index (χ1v) is 12.0. The lowest BCUT2D eigenvalue weighted by Gasteiger charge is -2.29. The first-order valence-electron chi connectivity index (χ1n) is 9.85. The van der Waals surface area contributed by atoms with E-state index in [1.165, 1.54) is 28.6 Å². The van der Waals surface area contributed by atoms with Gasteiger partial charge in [0.2, 0.25) is 16.8 Å². The molecule has 0 aliphatic carbocycles. The predicted molar refractivity (Wildman–Crippen MR) is 119 cm³/mol. The third kappa shape index (κ3) is 4.24. The number of amides is 1. The second-order valence-corrected chi connectivity index (χ2v) is 10.4. The minimum atomic E-state index is -3.91. The van der Waals surface area contributed by atoms with Crippen molar-refractivity contribution in [2.24, 2.45) is 5.92 Å². The molecule has 2 aliphatic heterocycles. The number of sulfonamides is 1. The first-order chi connectivity index (χ1) is 15.2. The fourth-order valence-corrected chi connectivity index (χ4v) is 5.90. The highest BCUT2D eigenvalue weighted by molar-refractivity contribution is 7.89. The van der Waals surface area contributed by atoms with E-state index in [1.807, 2.05) is 6.07 Å². The van der Waals surface area contributed by atoms with Crippen LogP contribution in [0.3, 0.4) is 0 Å². The number of anilines is 1. The van der Waals surface area contributed by atoms with Gasteiger partial charge in [-0.1, -0.05) is 30.1 Å². The summed E-state index contributed by atoms with van der Waals surface area (Å²) in [5.41, 5.74) is 0.256. The Hall–Kier alpha value is -2.51. The van der Waals surface area contributed by atoms with Crippen LogP contribution in [0.4, 0.5) is 5.69 Å². The van der Waals surface area contributed by atoms with Crippen LogP contribution in [0.15, 0.2) is 29.2 Å². The lowest BCUT2D eigenvalue weighted by atomic mass is 10.0. The van der Waals surface area contributed by atoms with Crippen LogP contribution in [0.1, 0.15) is 35.7 Å². The molecule has 0 unspecified atom stereocenters. The number of fused-ring (bicyclic) bond motifs is 1. The Kier molecular flexibility index (Phi) is 6.23. The summed E-state index contributed by atoms with van der Waals surface area (Å²) in [4.78, 5) is 12.8. The number of hydrogen-bond donors (Lipinski definition) is 1. The van der Waals surface area contributed by atoms with Crippen molar-refractivity contribution in [2.45, 2.75) is 24.7 Å². The Bertz CT molecular complexity index is 1230. The van der Waals surface area contributed by atoms with E-state index in [4.69, 9.17) is 32.7 Å². The van der Waals surface area contributed by atoms with E-state index in [1.54, 1.807) is 0 Å². The van der Waals surface area contributed by atoms with Crippen LogP contribution in [0.25, 0.3) is 0 Å². The molecule has 32 heavy (non-hydrogen) atoms. The van der Waals surface area contributed by atoms with Crippen LogP contribution in [0, 0.1) is 17.2 Å². The summed E-state index contributed by atoms with van der Waals surface area (Å²) in [5.74, 6) is 0.530. The van der Waals surface area contributed by atoms with Gasteiger partial charge in [0.25, 0.3) is 5.91 Å². The highest BCUT2D eigenvalue weighted by Gasteiger charge is 2.31. The molecule has 2 heterocycles. The molecule has 1 amide bonds. The maximum Gasteiger partial charge on any atom is 0.257 e. The molecule has 2 aliphatic rings. The van der Waals surface area contributed by atoms with Crippen molar-refractivity contribution >= 4 is 44.8 Å². The molecule has 0 atom stereocenters. The molecule has 1 fully saturated rings. The van der Waals surface area contributed by atoms with Gasteiger partial charge in [-0.15, -0.1) is 0 Å². The summed E-state index contributed by atoms with van der Waals surface area (Å²) in [6.07, 6.45) is 1.50. The van der Waals surface area contributed by atoms with Gasteiger partial charge in [-0.3, -0.25) is 4.79 Å². The van der Waals surface area contributed by atoms with Gasteiger partial charge in [0.15, 0.2) is 11.5 Å². The minimum absolute atomic E-state index is 0.0110. The third-order valence-corrected chi connectivity index (χ3v) is 8.18. The van der Waals surface area contributed by atoms with E-state index in [2.05, 4.69) is 12.2 Å².